The van der Waals surface area contributed by atoms with E-state index in [4.69, 9.17) is 0 Å². The van der Waals surface area contributed by atoms with Gasteiger partial charge < -0.3 is 10.2 Å². The molecular weight excluding hydrogens is 331 g/mol. The topological polar surface area (TPSA) is 49.4 Å². The number of hydrogen-bond donors (Lipinski definition) is 1. The van der Waals surface area contributed by atoms with Crippen LogP contribution in [-0.4, -0.2) is 35.8 Å². The number of benzene rings is 2. The minimum Gasteiger partial charge on any atom is -0.349 e. The van der Waals surface area contributed by atoms with Gasteiger partial charge in [0.15, 0.2) is 0 Å². The maximum Gasteiger partial charge on any atom is 0.251 e. The fourth-order valence-electron chi connectivity index (χ4n) is 3.20. The summed E-state index contributed by atoms with van der Waals surface area (Å²) < 4.78 is 12.9. The molecule has 136 valence electrons. The van der Waals surface area contributed by atoms with E-state index in [-0.39, 0.29) is 23.7 Å². The molecule has 2 aromatic rings. The third kappa shape index (κ3) is 4.91. The molecule has 0 bridgehead atoms. The Bertz CT molecular complexity index is 738. The molecule has 0 radical (unpaired) electrons. The first-order chi connectivity index (χ1) is 12.6. The predicted molar refractivity (Wildman–Crippen MR) is 98.2 cm³/mol. The molecule has 0 unspecified atom stereocenters. The zero-order chi connectivity index (χ0) is 18.4. The molecule has 2 aromatic carbocycles. The van der Waals surface area contributed by atoms with Crippen molar-refractivity contribution in [2.45, 2.75) is 31.7 Å². The number of carbonyl (C=O) groups excluding carboxylic acids is 2. The number of amides is 2. The lowest BCUT2D eigenvalue weighted by molar-refractivity contribution is -0.132. The number of piperidine rings is 1. The molecule has 0 saturated carbocycles. The second kappa shape index (κ2) is 8.61. The highest BCUT2D eigenvalue weighted by Crippen LogP contribution is 2.14. The number of likely N-dealkylation sites (tertiary alicyclic amines) is 1. The summed E-state index contributed by atoms with van der Waals surface area (Å²) in [6, 6.07) is 15.6. The monoisotopic (exact) mass is 354 g/mol. The van der Waals surface area contributed by atoms with Crippen LogP contribution >= 0.6 is 0 Å². The van der Waals surface area contributed by atoms with Crippen molar-refractivity contribution in [2.75, 3.05) is 13.1 Å². The van der Waals surface area contributed by atoms with Crippen LogP contribution in [0.1, 0.15) is 35.2 Å². The molecule has 1 heterocycles. The number of carbonyl (C=O) groups is 2. The van der Waals surface area contributed by atoms with Gasteiger partial charge in [0, 0.05) is 31.1 Å². The lowest BCUT2D eigenvalue weighted by atomic mass is 10.0. The van der Waals surface area contributed by atoms with Gasteiger partial charge in [-0.05, 0) is 49.1 Å². The van der Waals surface area contributed by atoms with E-state index in [9.17, 15) is 14.0 Å². The molecule has 1 N–H and O–H groups in total. The summed E-state index contributed by atoms with van der Waals surface area (Å²) in [6.45, 7) is 1.31. The third-order valence-electron chi connectivity index (χ3n) is 4.76. The number of rotatable bonds is 5. The van der Waals surface area contributed by atoms with Gasteiger partial charge in [0.1, 0.15) is 5.82 Å². The van der Waals surface area contributed by atoms with E-state index in [1.807, 2.05) is 35.2 Å². The molecule has 0 atom stereocenters. The second-order valence-electron chi connectivity index (χ2n) is 6.62. The SMILES string of the molecule is O=C(NC1CCN(C(=O)CCc2ccccc2)CC1)c1ccc(F)cc1. The van der Waals surface area contributed by atoms with Gasteiger partial charge in [0.25, 0.3) is 5.91 Å². The first-order valence-electron chi connectivity index (χ1n) is 9.00. The van der Waals surface area contributed by atoms with Gasteiger partial charge in [-0.3, -0.25) is 9.59 Å². The van der Waals surface area contributed by atoms with Gasteiger partial charge in [-0.25, -0.2) is 4.39 Å². The van der Waals surface area contributed by atoms with Crippen LogP contribution in [0.3, 0.4) is 0 Å². The van der Waals surface area contributed by atoms with Gasteiger partial charge in [-0.15, -0.1) is 0 Å². The van der Waals surface area contributed by atoms with Crippen LogP contribution in [0.5, 0.6) is 0 Å². The molecule has 5 heteroatoms. The molecule has 1 aliphatic heterocycles. The standard InChI is InChI=1S/C21H23FN2O2/c22-18-9-7-17(8-10-18)21(26)23-19-12-14-24(15-13-19)20(25)11-6-16-4-2-1-3-5-16/h1-5,7-10,19H,6,11-15H2,(H,23,26). The van der Waals surface area contributed by atoms with Crippen molar-refractivity contribution in [1.29, 1.82) is 0 Å². The Morgan fingerprint density at radius 1 is 1.00 bits per heavy atom. The van der Waals surface area contributed by atoms with Crippen LogP contribution in [0.4, 0.5) is 4.39 Å². The summed E-state index contributed by atoms with van der Waals surface area (Å²) in [4.78, 5) is 26.4. The largest absolute Gasteiger partial charge is 0.349 e. The summed E-state index contributed by atoms with van der Waals surface area (Å²) >= 11 is 0. The van der Waals surface area contributed by atoms with Crippen LogP contribution in [0.25, 0.3) is 0 Å². The van der Waals surface area contributed by atoms with Gasteiger partial charge in [-0.2, -0.15) is 0 Å². The zero-order valence-electron chi connectivity index (χ0n) is 14.7. The van der Waals surface area contributed by atoms with E-state index < -0.39 is 0 Å². The number of halogens is 1. The van der Waals surface area contributed by atoms with Crippen molar-refractivity contribution < 1.29 is 14.0 Å². The molecule has 1 fully saturated rings. The quantitative estimate of drug-likeness (QED) is 0.897. The van der Waals surface area contributed by atoms with Gasteiger partial charge in [-0.1, -0.05) is 30.3 Å². The van der Waals surface area contributed by atoms with Crippen molar-refractivity contribution in [1.82, 2.24) is 10.2 Å². The first kappa shape index (κ1) is 18.1. The number of hydrogen-bond acceptors (Lipinski definition) is 2. The normalized spacial score (nSPS) is 14.9. The number of nitrogens with one attached hydrogen (secondary N) is 1. The summed E-state index contributed by atoms with van der Waals surface area (Å²) in [5, 5.41) is 2.97. The Labute approximate surface area is 153 Å². The molecule has 26 heavy (non-hydrogen) atoms. The Hall–Kier alpha value is -2.69. The van der Waals surface area contributed by atoms with Crippen LogP contribution in [0, 0.1) is 5.82 Å². The average molecular weight is 354 g/mol. The van der Waals surface area contributed by atoms with E-state index >= 15 is 0 Å². The molecule has 0 spiro atoms. The molecule has 4 nitrogen and oxygen atoms in total. The fourth-order valence-corrected chi connectivity index (χ4v) is 3.20. The Morgan fingerprint density at radius 2 is 1.65 bits per heavy atom. The fraction of sp³-hybridized carbons (Fsp3) is 0.333. The van der Waals surface area contributed by atoms with Crippen molar-refractivity contribution >= 4 is 11.8 Å². The van der Waals surface area contributed by atoms with Crippen molar-refractivity contribution in [3.8, 4) is 0 Å². The van der Waals surface area contributed by atoms with Crippen LogP contribution in [-0.2, 0) is 11.2 Å². The summed E-state index contributed by atoms with van der Waals surface area (Å²) in [5.41, 5.74) is 1.62. The van der Waals surface area contributed by atoms with Crippen LogP contribution in [0.2, 0.25) is 0 Å². The number of nitrogens with zero attached hydrogens (tertiary/aromatic N) is 1. The van der Waals surface area contributed by atoms with Gasteiger partial charge in [0.05, 0.1) is 0 Å². The Kier molecular flexibility index (Phi) is 6.00. The van der Waals surface area contributed by atoms with Crippen LogP contribution < -0.4 is 5.32 Å². The van der Waals surface area contributed by atoms with Crippen molar-refractivity contribution in [3.05, 3.63) is 71.5 Å². The Morgan fingerprint density at radius 3 is 2.31 bits per heavy atom. The number of aryl methyl sites for hydroxylation is 1. The van der Waals surface area contributed by atoms with Gasteiger partial charge in [0.2, 0.25) is 5.91 Å². The summed E-state index contributed by atoms with van der Waals surface area (Å²) in [6.07, 6.45) is 2.74. The highest BCUT2D eigenvalue weighted by Gasteiger charge is 2.23. The van der Waals surface area contributed by atoms with E-state index in [1.165, 1.54) is 29.8 Å². The smallest absolute Gasteiger partial charge is 0.251 e. The van der Waals surface area contributed by atoms with E-state index in [1.54, 1.807) is 0 Å². The minimum atomic E-state index is -0.358. The van der Waals surface area contributed by atoms with E-state index in [0.717, 1.165) is 19.3 Å². The predicted octanol–water partition coefficient (Wildman–Crippen LogP) is 3.18. The third-order valence-corrected chi connectivity index (χ3v) is 4.76. The van der Waals surface area contributed by atoms with Gasteiger partial charge >= 0.3 is 0 Å². The molecule has 3 rings (SSSR count). The van der Waals surface area contributed by atoms with E-state index in [2.05, 4.69) is 5.32 Å². The minimum absolute atomic E-state index is 0.0470. The summed E-state index contributed by atoms with van der Waals surface area (Å²) in [7, 11) is 0. The highest BCUT2D eigenvalue weighted by molar-refractivity contribution is 5.94. The first-order valence-corrected chi connectivity index (χ1v) is 9.00. The highest BCUT2D eigenvalue weighted by atomic mass is 19.1. The molecule has 0 aliphatic carbocycles. The molecular formula is C21H23FN2O2. The Balaban J connectivity index is 1.42. The molecule has 1 aliphatic rings. The second-order valence-corrected chi connectivity index (χ2v) is 6.62. The van der Waals surface area contributed by atoms with Crippen molar-refractivity contribution in [2.24, 2.45) is 0 Å². The van der Waals surface area contributed by atoms with Crippen molar-refractivity contribution in [3.63, 3.8) is 0 Å². The zero-order valence-corrected chi connectivity index (χ0v) is 14.7. The molecule has 2 amide bonds. The van der Waals surface area contributed by atoms with Crippen LogP contribution in [0.15, 0.2) is 54.6 Å². The maximum atomic E-state index is 12.9. The maximum absolute atomic E-state index is 12.9. The summed E-state index contributed by atoms with van der Waals surface area (Å²) in [5.74, 6) is -0.389. The molecule has 0 aromatic heterocycles. The molecule has 1 saturated heterocycles. The average Bonchev–Trinajstić information content (AvgIpc) is 2.68. The lowest BCUT2D eigenvalue weighted by Crippen LogP contribution is -2.46. The van der Waals surface area contributed by atoms with E-state index in [0.29, 0.717) is 25.1 Å². The lowest BCUT2D eigenvalue weighted by Gasteiger charge is -2.32.